The number of anilines is 1. The number of methoxy groups -OCH3 is 1. The number of aromatic nitrogens is 4. The van der Waals surface area contributed by atoms with E-state index >= 15 is 0 Å². The second-order valence-corrected chi connectivity index (χ2v) is 6.51. The molecule has 1 aliphatic rings. The van der Waals surface area contributed by atoms with Crippen LogP contribution in [-0.4, -0.2) is 57.6 Å². The number of pyridine rings is 2. The number of piperazine rings is 1. The first kappa shape index (κ1) is 16.7. The molecule has 3 aromatic heterocycles. The Morgan fingerprint density at radius 1 is 1.12 bits per heavy atom. The van der Waals surface area contributed by atoms with Crippen molar-refractivity contribution >= 4 is 16.9 Å². The van der Waals surface area contributed by atoms with Crippen LogP contribution >= 0.6 is 0 Å². The van der Waals surface area contributed by atoms with E-state index < -0.39 is 0 Å². The van der Waals surface area contributed by atoms with Gasteiger partial charge in [0, 0.05) is 44.5 Å². The molecule has 0 N–H and O–H groups in total. The summed E-state index contributed by atoms with van der Waals surface area (Å²) in [6, 6.07) is 10.3. The fraction of sp³-hybridized carbons (Fsp3) is 0.368. The largest absolute Gasteiger partial charge is 0.481 e. The van der Waals surface area contributed by atoms with Crippen LogP contribution in [0.1, 0.15) is 12.6 Å². The van der Waals surface area contributed by atoms with Crippen molar-refractivity contribution in [2.24, 2.45) is 0 Å². The Kier molecular flexibility index (Phi) is 4.62. The van der Waals surface area contributed by atoms with Gasteiger partial charge in [-0.15, -0.1) is 0 Å². The van der Waals surface area contributed by atoms with Crippen molar-refractivity contribution < 1.29 is 4.74 Å². The van der Waals surface area contributed by atoms with Crippen LogP contribution in [0.25, 0.3) is 11.0 Å². The highest BCUT2D eigenvalue weighted by atomic mass is 16.5. The third-order valence-corrected chi connectivity index (χ3v) is 4.81. The lowest BCUT2D eigenvalue weighted by molar-refractivity contribution is 0.178. The van der Waals surface area contributed by atoms with E-state index in [0.717, 1.165) is 48.7 Å². The maximum Gasteiger partial charge on any atom is 0.213 e. The predicted octanol–water partition coefficient (Wildman–Crippen LogP) is 2.14. The first-order chi connectivity index (χ1) is 12.7. The minimum absolute atomic E-state index is 0.387. The van der Waals surface area contributed by atoms with E-state index in [0.29, 0.717) is 11.9 Å². The van der Waals surface area contributed by atoms with Crippen molar-refractivity contribution in [1.82, 2.24) is 24.8 Å². The Hall–Kier alpha value is -2.80. The molecule has 1 aliphatic heterocycles. The van der Waals surface area contributed by atoms with Gasteiger partial charge in [0.2, 0.25) is 5.88 Å². The van der Waals surface area contributed by atoms with E-state index in [-0.39, 0.29) is 0 Å². The quantitative estimate of drug-likeness (QED) is 0.714. The zero-order valence-corrected chi connectivity index (χ0v) is 15.0. The summed E-state index contributed by atoms with van der Waals surface area (Å²) in [5, 5.41) is 1.00. The molecule has 4 rings (SSSR count). The van der Waals surface area contributed by atoms with Crippen molar-refractivity contribution in [2.45, 2.75) is 19.5 Å². The van der Waals surface area contributed by atoms with Gasteiger partial charge in [0.1, 0.15) is 12.1 Å². The third-order valence-electron chi connectivity index (χ3n) is 4.81. The highest BCUT2D eigenvalue weighted by molar-refractivity contribution is 5.86. The summed E-state index contributed by atoms with van der Waals surface area (Å²) in [5.74, 6) is 1.63. The summed E-state index contributed by atoms with van der Waals surface area (Å²) in [5.41, 5.74) is 1.77. The van der Waals surface area contributed by atoms with Crippen LogP contribution in [0.3, 0.4) is 0 Å². The number of hydrogen-bond donors (Lipinski definition) is 0. The molecule has 0 aromatic carbocycles. The van der Waals surface area contributed by atoms with Crippen LogP contribution in [0.2, 0.25) is 0 Å². The minimum Gasteiger partial charge on any atom is -0.481 e. The summed E-state index contributed by atoms with van der Waals surface area (Å²) in [7, 11) is 1.65. The molecule has 0 radical (unpaired) electrons. The average Bonchev–Trinajstić information content (AvgIpc) is 2.69. The van der Waals surface area contributed by atoms with E-state index in [2.05, 4.69) is 36.7 Å². The Morgan fingerprint density at radius 2 is 2.04 bits per heavy atom. The van der Waals surface area contributed by atoms with Crippen molar-refractivity contribution in [3.8, 4) is 5.88 Å². The maximum atomic E-state index is 5.23. The van der Waals surface area contributed by atoms with E-state index in [1.165, 1.54) is 0 Å². The molecule has 1 atom stereocenters. The van der Waals surface area contributed by atoms with E-state index in [4.69, 9.17) is 4.74 Å². The number of fused-ring (bicyclic) bond motifs is 1. The zero-order valence-electron chi connectivity index (χ0n) is 15.0. The molecule has 134 valence electrons. The van der Waals surface area contributed by atoms with Crippen LogP contribution in [0.5, 0.6) is 5.88 Å². The van der Waals surface area contributed by atoms with E-state index in [1.54, 1.807) is 19.6 Å². The monoisotopic (exact) mass is 350 g/mol. The van der Waals surface area contributed by atoms with E-state index in [9.17, 15) is 0 Å². The molecule has 0 aliphatic carbocycles. The summed E-state index contributed by atoms with van der Waals surface area (Å²) >= 11 is 0. The van der Waals surface area contributed by atoms with Crippen LogP contribution in [0.4, 0.5) is 5.82 Å². The van der Waals surface area contributed by atoms with Gasteiger partial charge in [-0.3, -0.25) is 4.90 Å². The van der Waals surface area contributed by atoms with Gasteiger partial charge in [0.25, 0.3) is 0 Å². The SMILES string of the molecule is COc1cccc(CN2CCN(c3ncnc4ncccc34)CC2C)n1. The molecule has 3 aromatic rings. The summed E-state index contributed by atoms with van der Waals surface area (Å²) < 4.78 is 5.23. The second kappa shape index (κ2) is 7.21. The van der Waals surface area contributed by atoms with Gasteiger partial charge >= 0.3 is 0 Å². The lowest BCUT2D eigenvalue weighted by Crippen LogP contribution is -2.51. The third kappa shape index (κ3) is 3.30. The van der Waals surface area contributed by atoms with Gasteiger partial charge in [-0.25, -0.2) is 19.9 Å². The van der Waals surface area contributed by atoms with Gasteiger partial charge in [-0.05, 0) is 25.1 Å². The molecule has 7 nitrogen and oxygen atoms in total. The van der Waals surface area contributed by atoms with Gasteiger partial charge in [-0.1, -0.05) is 6.07 Å². The van der Waals surface area contributed by atoms with E-state index in [1.807, 2.05) is 30.3 Å². The molecule has 7 heteroatoms. The van der Waals surface area contributed by atoms with Crippen LogP contribution in [0, 0.1) is 0 Å². The van der Waals surface area contributed by atoms with Crippen molar-refractivity contribution in [1.29, 1.82) is 0 Å². The van der Waals surface area contributed by atoms with Crippen molar-refractivity contribution in [3.63, 3.8) is 0 Å². The fourth-order valence-corrected chi connectivity index (χ4v) is 3.42. The number of ether oxygens (including phenoxy) is 1. The lowest BCUT2D eigenvalue weighted by atomic mass is 10.1. The Balaban J connectivity index is 1.49. The molecular weight excluding hydrogens is 328 g/mol. The number of nitrogens with zero attached hydrogens (tertiary/aromatic N) is 6. The maximum absolute atomic E-state index is 5.23. The minimum atomic E-state index is 0.387. The number of hydrogen-bond acceptors (Lipinski definition) is 7. The second-order valence-electron chi connectivity index (χ2n) is 6.51. The van der Waals surface area contributed by atoms with Gasteiger partial charge < -0.3 is 9.64 Å². The highest BCUT2D eigenvalue weighted by Crippen LogP contribution is 2.24. The van der Waals surface area contributed by atoms with Gasteiger partial charge in [0.15, 0.2) is 5.65 Å². The molecule has 1 fully saturated rings. The van der Waals surface area contributed by atoms with Gasteiger partial charge in [0.05, 0.1) is 18.2 Å². The van der Waals surface area contributed by atoms with Gasteiger partial charge in [-0.2, -0.15) is 0 Å². The Morgan fingerprint density at radius 3 is 2.88 bits per heavy atom. The number of rotatable bonds is 4. The summed E-state index contributed by atoms with van der Waals surface area (Å²) in [6.07, 6.45) is 3.36. The fourth-order valence-electron chi connectivity index (χ4n) is 3.42. The zero-order chi connectivity index (χ0) is 17.9. The highest BCUT2D eigenvalue weighted by Gasteiger charge is 2.26. The molecule has 0 spiro atoms. The van der Waals surface area contributed by atoms with Crippen molar-refractivity contribution in [3.05, 3.63) is 48.5 Å². The predicted molar refractivity (Wildman–Crippen MR) is 100 cm³/mol. The summed E-state index contributed by atoms with van der Waals surface area (Å²) in [4.78, 5) is 22.4. The normalized spacial score (nSPS) is 18.2. The molecular formula is C19H22N6O. The Bertz CT molecular complexity index is 897. The van der Waals surface area contributed by atoms with Crippen LogP contribution in [-0.2, 0) is 6.54 Å². The summed E-state index contributed by atoms with van der Waals surface area (Å²) in [6.45, 7) is 5.83. The smallest absolute Gasteiger partial charge is 0.213 e. The molecule has 0 bridgehead atoms. The molecule has 1 saturated heterocycles. The standard InChI is InChI=1S/C19H22N6O/c1-14-11-25(19-16-6-4-8-20-18(16)21-13-22-19)10-9-24(14)12-15-5-3-7-17(23-15)26-2/h3-8,13-14H,9-12H2,1-2H3. The van der Waals surface area contributed by atoms with Crippen LogP contribution < -0.4 is 9.64 Å². The molecule has 0 saturated carbocycles. The molecule has 0 amide bonds. The lowest BCUT2D eigenvalue weighted by Gasteiger charge is -2.40. The first-order valence-electron chi connectivity index (χ1n) is 8.79. The molecule has 26 heavy (non-hydrogen) atoms. The average molecular weight is 350 g/mol. The molecule has 1 unspecified atom stereocenters. The van der Waals surface area contributed by atoms with Crippen LogP contribution in [0.15, 0.2) is 42.9 Å². The first-order valence-corrected chi connectivity index (χ1v) is 8.79. The van der Waals surface area contributed by atoms with Crippen molar-refractivity contribution in [2.75, 3.05) is 31.6 Å². The molecule has 4 heterocycles. The Labute approximate surface area is 152 Å². The topological polar surface area (TPSA) is 67.3 Å².